The molecule has 0 unspecified atom stereocenters. The molecule has 1 heterocycles. The second-order valence-electron chi connectivity index (χ2n) is 6.40. The highest BCUT2D eigenvalue weighted by Gasteiger charge is 2.33. The number of likely N-dealkylation sites (tertiary alicyclic amines) is 1. The van der Waals surface area contributed by atoms with Crippen molar-refractivity contribution in [1.82, 2.24) is 4.90 Å². The Labute approximate surface area is 132 Å². The number of para-hydroxylation sites is 2. The van der Waals surface area contributed by atoms with E-state index in [-0.39, 0.29) is 6.03 Å². The Morgan fingerprint density at radius 3 is 2.82 bits per heavy atom. The van der Waals surface area contributed by atoms with Gasteiger partial charge in [0.2, 0.25) is 0 Å². The lowest BCUT2D eigenvalue weighted by Crippen LogP contribution is -2.46. The van der Waals surface area contributed by atoms with Crippen molar-refractivity contribution in [3.63, 3.8) is 0 Å². The topological polar surface area (TPSA) is 41.6 Å². The number of hydrogen-bond donors (Lipinski definition) is 1. The van der Waals surface area contributed by atoms with E-state index >= 15 is 0 Å². The second kappa shape index (κ2) is 7.03. The van der Waals surface area contributed by atoms with Gasteiger partial charge in [-0.25, -0.2) is 4.79 Å². The summed E-state index contributed by atoms with van der Waals surface area (Å²) in [5.74, 6) is 2.29. The molecule has 0 aromatic heterocycles. The van der Waals surface area contributed by atoms with Gasteiger partial charge in [-0.05, 0) is 43.7 Å². The third-order valence-corrected chi connectivity index (χ3v) is 5.01. The van der Waals surface area contributed by atoms with Gasteiger partial charge >= 0.3 is 6.03 Å². The second-order valence-corrected chi connectivity index (χ2v) is 6.40. The summed E-state index contributed by atoms with van der Waals surface area (Å²) in [5, 5.41) is 3.02. The van der Waals surface area contributed by atoms with Crippen LogP contribution in [0.5, 0.6) is 5.75 Å². The SMILES string of the molecule is CCOc1ccccc1NC(=O)N1CC[C@@H]2CCCC[C@H]2C1. The van der Waals surface area contributed by atoms with Crippen LogP contribution in [0.15, 0.2) is 24.3 Å². The van der Waals surface area contributed by atoms with Crippen molar-refractivity contribution in [3.8, 4) is 5.75 Å². The summed E-state index contributed by atoms with van der Waals surface area (Å²) in [6, 6.07) is 7.65. The summed E-state index contributed by atoms with van der Waals surface area (Å²) in [6.45, 7) is 4.34. The van der Waals surface area contributed by atoms with Gasteiger partial charge in [0.25, 0.3) is 0 Å². The van der Waals surface area contributed by atoms with E-state index < -0.39 is 0 Å². The lowest BCUT2D eigenvalue weighted by atomic mass is 9.75. The number of hydrogen-bond acceptors (Lipinski definition) is 2. The number of carbonyl (C=O) groups excluding carboxylic acids is 1. The first-order valence-corrected chi connectivity index (χ1v) is 8.55. The molecule has 1 aliphatic heterocycles. The first-order chi connectivity index (χ1) is 10.8. The zero-order valence-electron chi connectivity index (χ0n) is 13.4. The van der Waals surface area contributed by atoms with E-state index in [1.54, 1.807) is 0 Å². The molecule has 2 atom stereocenters. The Morgan fingerprint density at radius 2 is 2.00 bits per heavy atom. The Morgan fingerprint density at radius 1 is 1.23 bits per heavy atom. The number of nitrogens with zero attached hydrogens (tertiary/aromatic N) is 1. The van der Waals surface area contributed by atoms with E-state index in [4.69, 9.17) is 4.74 Å². The van der Waals surface area contributed by atoms with Crippen LogP contribution in [0.2, 0.25) is 0 Å². The highest BCUT2D eigenvalue weighted by molar-refractivity contribution is 5.91. The Hall–Kier alpha value is -1.71. The number of nitrogens with one attached hydrogen (secondary N) is 1. The van der Waals surface area contributed by atoms with Crippen LogP contribution in [0, 0.1) is 11.8 Å². The van der Waals surface area contributed by atoms with Crippen molar-refractivity contribution in [2.24, 2.45) is 11.8 Å². The van der Waals surface area contributed by atoms with E-state index in [0.717, 1.165) is 36.9 Å². The average molecular weight is 302 g/mol. The molecule has 2 fully saturated rings. The van der Waals surface area contributed by atoms with Crippen molar-refractivity contribution in [1.29, 1.82) is 0 Å². The van der Waals surface area contributed by atoms with Crippen molar-refractivity contribution in [3.05, 3.63) is 24.3 Å². The van der Waals surface area contributed by atoms with Gasteiger partial charge in [0.1, 0.15) is 5.75 Å². The minimum Gasteiger partial charge on any atom is -0.492 e. The molecule has 4 nitrogen and oxygen atoms in total. The van der Waals surface area contributed by atoms with Gasteiger partial charge in [-0.3, -0.25) is 0 Å². The zero-order valence-corrected chi connectivity index (χ0v) is 13.4. The molecule has 1 aromatic carbocycles. The maximum absolute atomic E-state index is 12.6. The molecular weight excluding hydrogens is 276 g/mol. The molecule has 1 N–H and O–H groups in total. The molecule has 1 saturated heterocycles. The zero-order chi connectivity index (χ0) is 15.4. The lowest BCUT2D eigenvalue weighted by molar-refractivity contribution is 0.108. The van der Waals surface area contributed by atoms with Crippen LogP contribution >= 0.6 is 0 Å². The minimum atomic E-state index is 0.0103. The number of anilines is 1. The fourth-order valence-electron chi connectivity index (χ4n) is 3.83. The Balaban J connectivity index is 1.62. The maximum atomic E-state index is 12.6. The van der Waals surface area contributed by atoms with Crippen LogP contribution in [0.3, 0.4) is 0 Å². The molecule has 120 valence electrons. The van der Waals surface area contributed by atoms with Gasteiger partial charge in [0.05, 0.1) is 12.3 Å². The van der Waals surface area contributed by atoms with E-state index in [9.17, 15) is 4.79 Å². The van der Waals surface area contributed by atoms with E-state index in [0.29, 0.717) is 12.5 Å². The summed E-state index contributed by atoms with van der Waals surface area (Å²) >= 11 is 0. The largest absolute Gasteiger partial charge is 0.492 e. The number of benzene rings is 1. The molecule has 4 heteroatoms. The maximum Gasteiger partial charge on any atom is 0.321 e. The quantitative estimate of drug-likeness (QED) is 0.912. The van der Waals surface area contributed by atoms with Crippen LogP contribution in [-0.2, 0) is 0 Å². The molecule has 22 heavy (non-hydrogen) atoms. The van der Waals surface area contributed by atoms with E-state index in [2.05, 4.69) is 5.32 Å². The number of carbonyl (C=O) groups is 1. The number of fused-ring (bicyclic) bond motifs is 1. The van der Waals surface area contributed by atoms with Crippen molar-refractivity contribution in [2.75, 3.05) is 25.0 Å². The molecule has 2 aliphatic rings. The molecular formula is C18H26N2O2. The van der Waals surface area contributed by atoms with Gasteiger partial charge in [-0.2, -0.15) is 0 Å². The van der Waals surface area contributed by atoms with Crippen LogP contribution in [0.1, 0.15) is 39.0 Å². The molecule has 0 spiro atoms. The first-order valence-electron chi connectivity index (χ1n) is 8.55. The number of amides is 2. The summed E-state index contributed by atoms with van der Waals surface area (Å²) in [4.78, 5) is 14.5. The van der Waals surface area contributed by atoms with E-state index in [1.165, 1.54) is 25.7 Å². The predicted molar refractivity (Wildman–Crippen MR) is 88.3 cm³/mol. The van der Waals surface area contributed by atoms with Crippen LogP contribution in [0.4, 0.5) is 10.5 Å². The summed E-state index contributed by atoms with van der Waals surface area (Å²) in [6.07, 6.45) is 6.49. The molecule has 0 radical (unpaired) electrons. The Bertz CT molecular complexity index is 518. The number of urea groups is 1. The van der Waals surface area contributed by atoms with Crippen molar-refractivity contribution >= 4 is 11.7 Å². The van der Waals surface area contributed by atoms with Gasteiger partial charge in [-0.15, -0.1) is 0 Å². The molecule has 1 saturated carbocycles. The highest BCUT2D eigenvalue weighted by Crippen LogP contribution is 2.36. The van der Waals surface area contributed by atoms with Crippen LogP contribution < -0.4 is 10.1 Å². The highest BCUT2D eigenvalue weighted by atomic mass is 16.5. The normalized spacial score (nSPS) is 24.5. The fourth-order valence-corrected chi connectivity index (χ4v) is 3.83. The van der Waals surface area contributed by atoms with Crippen molar-refractivity contribution < 1.29 is 9.53 Å². The Kier molecular flexibility index (Phi) is 4.86. The third-order valence-electron chi connectivity index (χ3n) is 5.01. The molecule has 2 amide bonds. The standard InChI is InChI=1S/C18H26N2O2/c1-2-22-17-10-6-5-9-16(17)19-18(21)20-12-11-14-7-3-4-8-15(14)13-20/h5-6,9-10,14-15H,2-4,7-8,11-13H2,1H3,(H,19,21)/t14-,15-/m0/s1. The van der Waals surface area contributed by atoms with Gasteiger partial charge in [0.15, 0.2) is 0 Å². The molecule has 1 aliphatic carbocycles. The summed E-state index contributed by atoms with van der Waals surface area (Å²) in [5.41, 5.74) is 0.764. The van der Waals surface area contributed by atoms with Crippen LogP contribution in [-0.4, -0.2) is 30.6 Å². The minimum absolute atomic E-state index is 0.0103. The van der Waals surface area contributed by atoms with Gasteiger partial charge < -0.3 is 15.0 Å². The smallest absolute Gasteiger partial charge is 0.321 e. The van der Waals surface area contributed by atoms with Crippen molar-refractivity contribution in [2.45, 2.75) is 39.0 Å². The summed E-state index contributed by atoms with van der Waals surface area (Å²) in [7, 11) is 0. The first kappa shape index (κ1) is 15.2. The monoisotopic (exact) mass is 302 g/mol. The average Bonchev–Trinajstić information content (AvgIpc) is 2.56. The molecule has 1 aromatic rings. The molecule has 0 bridgehead atoms. The third kappa shape index (κ3) is 3.37. The number of rotatable bonds is 3. The lowest BCUT2D eigenvalue weighted by Gasteiger charge is -2.41. The summed E-state index contributed by atoms with van der Waals surface area (Å²) < 4.78 is 5.58. The van der Waals surface area contributed by atoms with Gasteiger partial charge in [0, 0.05) is 13.1 Å². The van der Waals surface area contributed by atoms with Crippen LogP contribution in [0.25, 0.3) is 0 Å². The fraction of sp³-hybridized carbons (Fsp3) is 0.611. The predicted octanol–water partition coefficient (Wildman–Crippen LogP) is 4.13. The van der Waals surface area contributed by atoms with Gasteiger partial charge in [-0.1, -0.05) is 31.4 Å². The molecule has 3 rings (SSSR count). The van der Waals surface area contributed by atoms with E-state index in [1.807, 2.05) is 36.1 Å². The number of piperidine rings is 1. The number of ether oxygens (including phenoxy) is 1.